The van der Waals surface area contributed by atoms with Crippen molar-refractivity contribution in [2.24, 2.45) is 0 Å². The van der Waals surface area contributed by atoms with E-state index in [4.69, 9.17) is 4.74 Å². The van der Waals surface area contributed by atoms with Gasteiger partial charge < -0.3 is 4.74 Å². The number of rotatable bonds is 6. The fraction of sp³-hybridized carbons (Fsp3) is 0.217. The summed E-state index contributed by atoms with van der Waals surface area (Å²) in [6.07, 6.45) is 0.260. The van der Waals surface area contributed by atoms with Gasteiger partial charge in [0, 0.05) is 12.0 Å². The molecule has 0 fully saturated rings. The first-order valence-corrected chi connectivity index (χ1v) is 8.77. The van der Waals surface area contributed by atoms with Crippen LogP contribution in [0.15, 0.2) is 60.7 Å². The monoisotopic (exact) mass is 346 g/mol. The Hall–Kier alpha value is -2.94. The third kappa shape index (κ3) is 4.17. The van der Waals surface area contributed by atoms with Gasteiger partial charge in [0.15, 0.2) is 5.78 Å². The fourth-order valence-electron chi connectivity index (χ4n) is 3.04. The smallest absolute Gasteiger partial charge is 0.306 e. The first kappa shape index (κ1) is 17.9. The molecule has 0 aliphatic carbocycles. The van der Waals surface area contributed by atoms with Crippen LogP contribution in [0.4, 0.5) is 0 Å². The zero-order valence-corrected chi connectivity index (χ0v) is 15.1. The molecule has 3 nitrogen and oxygen atoms in total. The van der Waals surface area contributed by atoms with E-state index in [0.717, 1.165) is 27.5 Å². The molecule has 3 aromatic rings. The van der Waals surface area contributed by atoms with E-state index in [0.29, 0.717) is 5.56 Å². The molecule has 3 rings (SSSR count). The molecule has 0 saturated carbocycles. The lowest BCUT2D eigenvalue weighted by Crippen LogP contribution is -2.09. The molecule has 3 aromatic carbocycles. The minimum Gasteiger partial charge on any atom is -0.461 e. The number of ketones is 1. The minimum absolute atomic E-state index is 0.0201. The highest BCUT2D eigenvalue weighted by Gasteiger charge is 2.13. The molecule has 0 saturated heterocycles. The Kier molecular flexibility index (Phi) is 5.47. The summed E-state index contributed by atoms with van der Waals surface area (Å²) in [5, 5.41) is 2.19. The Morgan fingerprint density at radius 2 is 1.65 bits per heavy atom. The van der Waals surface area contributed by atoms with E-state index in [2.05, 4.69) is 0 Å². The molecule has 0 amide bonds. The highest BCUT2D eigenvalue weighted by Crippen LogP contribution is 2.19. The highest BCUT2D eigenvalue weighted by atomic mass is 16.5. The predicted octanol–water partition coefficient (Wildman–Crippen LogP) is 5.16. The van der Waals surface area contributed by atoms with Crippen LogP contribution in [-0.4, -0.2) is 11.8 Å². The number of ether oxygens (including phenoxy) is 1. The zero-order valence-electron chi connectivity index (χ0n) is 15.1. The lowest BCUT2D eigenvalue weighted by atomic mass is 9.99. The van der Waals surface area contributed by atoms with Crippen LogP contribution >= 0.6 is 0 Å². The van der Waals surface area contributed by atoms with Crippen molar-refractivity contribution in [1.82, 2.24) is 0 Å². The molecular formula is C23H22O3. The average Bonchev–Trinajstić information content (AvgIpc) is 2.66. The lowest BCUT2D eigenvalue weighted by Gasteiger charge is -2.09. The summed E-state index contributed by atoms with van der Waals surface area (Å²) in [7, 11) is 0. The van der Waals surface area contributed by atoms with Crippen LogP contribution in [0, 0.1) is 13.8 Å². The molecular weight excluding hydrogens is 324 g/mol. The number of carbonyl (C=O) groups excluding carboxylic acids is 2. The number of hydrogen-bond acceptors (Lipinski definition) is 3. The molecule has 0 aliphatic rings. The van der Waals surface area contributed by atoms with Gasteiger partial charge in [0.25, 0.3) is 0 Å². The van der Waals surface area contributed by atoms with Crippen LogP contribution in [0.2, 0.25) is 0 Å². The number of aryl methyl sites for hydroxylation is 2. The van der Waals surface area contributed by atoms with E-state index in [1.807, 2.05) is 74.5 Å². The second-order valence-electron chi connectivity index (χ2n) is 6.54. The molecule has 0 bridgehead atoms. The Morgan fingerprint density at radius 1 is 0.885 bits per heavy atom. The van der Waals surface area contributed by atoms with Gasteiger partial charge in [-0.1, -0.05) is 60.2 Å². The van der Waals surface area contributed by atoms with Crippen molar-refractivity contribution in [3.05, 3.63) is 82.9 Å². The summed E-state index contributed by atoms with van der Waals surface area (Å²) in [5.41, 5.74) is 3.63. The maximum atomic E-state index is 12.4. The first-order chi connectivity index (χ1) is 12.5. The van der Waals surface area contributed by atoms with Gasteiger partial charge in [-0.05, 0) is 41.8 Å². The van der Waals surface area contributed by atoms with E-state index in [9.17, 15) is 9.59 Å². The van der Waals surface area contributed by atoms with Crippen molar-refractivity contribution in [2.75, 3.05) is 0 Å². The summed E-state index contributed by atoms with van der Waals surface area (Å²) in [5.74, 6) is -0.370. The van der Waals surface area contributed by atoms with Gasteiger partial charge in [0.2, 0.25) is 0 Å². The van der Waals surface area contributed by atoms with Gasteiger partial charge in [0.1, 0.15) is 6.61 Å². The van der Waals surface area contributed by atoms with Gasteiger partial charge >= 0.3 is 5.97 Å². The van der Waals surface area contributed by atoms with Gasteiger partial charge in [-0.3, -0.25) is 9.59 Å². The quantitative estimate of drug-likeness (QED) is 0.457. The van der Waals surface area contributed by atoms with Gasteiger partial charge in [-0.2, -0.15) is 0 Å². The minimum atomic E-state index is -0.350. The van der Waals surface area contributed by atoms with Crippen LogP contribution in [0.3, 0.4) is 0 Å². The molecule has 26 heavy (non-hydrogen) atoms. The van der Waals surface area contributed by atoms with Crippen LogP contribution < -0.4 is 0 Å². The van der Waals surface area contributed by atoms with E-state index in [1.54, 1.807) is 0 Å². The van der Waals surface area contributed by atoms with Crippen molar-refractivity contribution >= 4 is 22.5 Å². The maximum absolute atomic E-state index is 12.4. The number of Topliss-reactive ketones (excluding diaryl/α,β-unsaturated/α-hetero) is 1. The average molecular weight is 346 g/mol. The molecule has 0 heterocycles. The molecule has 0 aliphatic heterocycles. The fourth-order valence-corrected chi connectivity index (χ4v) is 3.04. The number of hydrogen-bond donors (Lipinski definition) is 0. The molecule has 0 unspecified atom stereocenters. The maximum Gasteiger partial charge on any atom is 0.306 e. The molecule has 3 heteroatoms. The van der Waals surface area contributed by atoms with Crippen LogP contribution in [0.5, 0.6) is 0 Å². The second kappa shape index (κ2) is 7.96. The van der Waals surface area contributed by atoms with E-state index in [-0.39, 0.29) is 31.2 Å². The summed E-state index contributed by atoms with van der Waals surface area (Å²) in [6, 6.07) is 19.7. The van der Waals surface area contributed by atoms with Crippen LogP contribution in [0.25, 0.3) is 10.8 Å². The summed E-state index contributed by atoms with van der Waals surface area (Å²) in [6.45, 7) is 4.08. The summed E-state index contributed by atoms with van der Waals surface area (Å²) in [4.78, 5) is 24.4. The molecule has 0 atom stereocenters. The standard InChI is InChI=1S/C23H22O3/c1-16-10-11-17(2)21(14-16)22(24)12-13-23(25)26-15-19-8-5-7-18-6-3-4-9-20(18)19/h3-11,14H,12-13,15H2,1-2H3. The molecule has 0 aromatic heterocycles. The van der Waals surface area contributed by atoms with Crippen molar-refractivity contribution in [3.8, 4) is 0 Å². The third-order valence-electron chi connectivity index (χ3n) is 4.52. The highest BCUT2D eigenvalue weighted by molar-refractivity contribution is 5.99. The Balaban J connectivity index is 1.57. The number of carbonyl (C=O) groups is 2. The van der Waals surface area contributed by atoms with Crippen molar-refractivity contribution in [3.63, 3.8) is 0 Å². The third-order valence-corrected chi connectivity index (χ3v) is 4.52. The van der Waals surface area contributed by atoms with Gasteiger partial charge in [0.05, 0.1) is 6.42 Å². The van der Waals surface area contributed by atoms with E-state index in [1.165, 1.54) is 0 Å². The van der Waals surface area contributed by atoms with Crippen LogP contribution in [-0.2, 0) is 16.1 Å². The van der Waals surface area contributed by atoms with Crippen molar-refractivity contribution in [1.29, 1.82) is 0 Å². The SMILES string of the molecule is Cc1ccc(C)c(C(=O)CCC(=O)OCc2cccc3ccccc23)c1. The van der Waals surface area contributed by atoms with Crippen molar-refractivity contribution < 1.29 is 14.3 Å². The Morgan fingerprint density at radius 3 is 2.50 bits per heavy atom. The summed E-state index contributed by atoms with van der Waals surface area (Å²) >= 11 is 0. The predicted molar refractivity (Wildman–Crippen MR) is 103 cm³/mol. The second-order valence-corrected chi connectivity index (χ2v) is 6.54. The molecule has 0 spiro atoms. The Bertz CT molecular complexity index is 951. The molecule has 0 N–H and O–H groups in total. The normalized spacial score (nSPS) is 10.7. The zero-order chi connectivity index (χ0) is 18.5. The number of benzene rings is 3. The Labute approximate surface area is 153 Å². The first-order valence-electron chi connectivity index (χ1n) is 8.77. The topological polar surface area (TPSA) is 43.4 Å². The molecule has 0 radical (unpaired) electrons. The largest absolute Gasteiger partial charge is 0.461 e. The van der Waals surface area contributed by atoms with Gasteiger partial charge in [-0.15, -0.1) is 0 Å². The van der Waals surface area contributed by atoms with Crippen LogP contribution in [0.1, 0.15) is 39.9 Å². The lowest BCUT2D eigenvalue weighted by molar-refractivity contribution is -0.144. The van der Waals surface area contributed by atoms with Crippen molar-refractivity contribution in [2.45, 2.75) is 33.3 Å². The van der Waals surface area contributed by atoms with E-state index >= 15 is 0 Å². The molecule has 132 valence electrons. The summed E-state index contributed by atoms with van der Waals surface area (Å²) < 4.78 is 5.39. The van der Waals surface area contributed by atoms with E-state index < -0.39 is 0 Å². The number of fused-ring (bicyclic) bond motifs is 1. The van der Waals surface area contributed by atoms with Gasteiger partial charge in [-0.25, -0.2) is 0 Å². The number of esters is 1.